The minimum atomic E-state index is -1.08. The summed E-state index contributed by atoms with van der Waals surface area (Å²) in [6.07, 6.45) is 7.25. The zero-order chi connectivity index (χ0) is 25.3. The molecule has 0 aromatic carbocycles. The molecule has 9 heteroatoms. The van der Waals surface area contributed by atoms with Gasteiger partial charge < -0.3 is 19.6 Å². The highest BCUT2D eigenvalue weighted by atomic mass is 16.6. The van der Waals surface area contributed by atoms with Gasteiger partial charge >= 0.3 is 12.2 Å². The van der Waals surface area contributed by atoms with Gasteiger partial charge in [-0.2, -0.15) is 4.90 Å². The number of aliphatic hydroxyl groups excluding tert-OH is 1. The van der Waals surface area contributed by atoms with Crippen LogP contribution < -0.4 is 4.90 Å². The van der Waals surface area contributed by atoms with E-state index in [0.29, 0.717) is 27.7 Å². The first-order valence-electron chi connectivity index (χ1n) is 10.6. The van der Waals surface area contributed by atoms with Crippen LogP contribution in [0.5, 0.6) is 0 Å². The number of hydrogen-bond donors (Lipinski definition) is 2. The van der Waals surface area contributed by atoms with E-state index in [9.17, 15) is 14.7 Å². The minimum absolute atomic E-state index is 0.00985. The first-order valence-corrected chi connectivity index (χ1v) is 10.6. The first kappa shape index (κ1) is 24.7. The summed E-state index contributed by atoms with van der Waals surface area (Å²) in [5, 5.41) is 11.6. The quantitative estimate of drug-likeness (QED) is 0.540. The second-order valence-electron chi connectivity index (χ2n) is 9.62. The third-order valence-corrected chi connectivity index (χ3v) is 4.52. The number of ether oxygens (including phenoxy) is 2. The van der Waals surface area contributed by atoms with Crippen molar-refractivity contribution in [2.45, 2.75) is 58.8 Å². The average molecular weight is 465 g/mol. The van der Waals surface area contributed by atoms with Gasteiger partial charge in [-0.1, -0.05) is 12.0 Å². The van der Waals surface area contributed by atoms with Gasteiger partial charge in [0.05, 0.1) is 0 Å². The topological polar surface area (TPSA) is 118 Å². The third-order valence-electron chi connectivity index (χ3n) is 4.52. The molecule has 0 aliphatic carbocycles. The molecule has 0 fully saturated rings. The molecular weight excluding hydrogens is 436 g/mol. The van der Waals surface area contributed by atoms with Gasteiger partial charge in [0.1, 0.15) is 28.8 Å². The number of carbonyl (C=O) groups excluding carboxylic acids is 2. The van der Waals surface area contributed by atoms with Crippen LogP contribution in [-0.2, 0) is 9.47 Å². The molecule has 3 heterocycles. The molecular formula is C25H28N4O5. The normalized spacial score (nSPS) is 12.6. The molecule has 0 saturated heterocycles. The molecule has 178 valence electrons. The van der Waals surface area contributed by atoms with Crippen LogP contribution in [-0.4, -0.2) is 43.4 Å². The number of hydrogen-bond acceptors (Lipinski definition) is 7. The van der Waals surface area contributed by atoms with Crippen molar-refractivity contribution in [3.8, 4) is 12.3 Å². The van der Waals surface area contributed by atoms with Crippen molar-refractivity contribution >= 4 is 29.0 Å². The van der Waals surface area contributed by atoms with Crippen molar-refractivity contribution in [1.29, 1.82) is 0 Å². The molecule has 0 saturated carbocycles. The number of aliphatic hydroxyl groups is 1. The Morgan fingerprint density at radius 3 is 2.18 bits per heavy atom. The van der Waals surface area contributed by atoms with Gasteiger partial charge in [0.25, 0.3) is 0 Å². The van der Waals surface area contributed by atoms with Crippen LogP contribution in [0.3, 0.4) is 0 Å². The molecule has 3 rings (SSSR count). The number of carbonyl (C=O) groups is 2. The zero-order valence-corrected chi connectivity index (χ0v) is 20.0. The maximum absolute atomic E-state index is 12.8. The van der Waals surface area contributed by atoms with Crippen molar-refractivity contribution < 1.29 is 24.2 Å². The summed E-state index contributed by atoms with van der Waals surface area (Å²) in [6.45, 7) is 10.1. The Kier molecular flexibility index (Phi) is 6.66. The summed E-state index contributed by atoms with van der Waals surface area (Å²) in [4.78, 5) is 37.8. The van der Waals surface area contributed by atoms with E-state index >= 15 is 0 Å². The maximum atomic E-state index is 12.8. The zero-order valence-electron chi connectivity index (χ0n) is 20.0. The standard InChI is InChI=1S/C25H28N4O5/c1-8-15-11-12-26-21-19(15)17(14-28-21)20(30)16-9-10-18(27-13-16)29(22(31)33-24(2,3)4)23(32)34-25(5,6)7/h1,9-14,20,30H,2-7H3,(H,26,28). The predicted molar refractivity (Wildman–Crippen MR) is 127 cm³/mol. The van der Waals surface area contributed by atoms with Gasteiger partial charge in [-0.05, 0) is 53.7 Å². The molecule has 0 radical (unpaired) electrons. The monoisotopic (exact) mass is 464 g/mol. The highest BCUT2D eigenvalue weighted by Crippen LogP contribution is 2.31. The molecule has 3 aromatic rings. The Morgan fingerprint density at radius 1 is 1.06 bits per heavy atom. The van der Waals surface area contributed by atoms with Crippen LogP contribution >= 0.6 is 0 Å². The van der Waals surface area contributed by atoms with E-state index in [-0.39, 0.29) is 5.82 Å². The summed E-state index contributed by atoms with van der Waals surface area (Å²) in [5.41, 5.74) is 0.407. The van der Waals surface area contributed by atoms with E-state index in [1.807, 2.05) is 0 Å². The molecule has 0 spiro atoms. The third kappa shape index (κ3) is 5.53. The largest absolute Gasteiger partial charge is 0.443 e. The molecule has 34 heavy (non-hydrogen) atoms. The number of nitrogens with zero attached hydrogens (tertiary/aromatic N) is 3. The highest BCUT2D eigenvalue weighted by molar-refractivity contribution is 6.08. The Balaban J connectivity index is 1.95. The van der Waals surface area contributed by atoms with Gasteiger partial charge in [0, 0.05) is 40.7 Å². The van der Waals surface area contributed by atoms with Gasteiger partial charge in [-0.15, -0.1) is 6.42 Å². The Morgan fingerprint density at radius 2 is 1.68 bits per heavy atom. The molecule has 2 amide bonds. The number of imide groups is 1. The van der Waals surface area contributed by atoms with Crippen LogP contribution in [0.4, 0.5) is 15.4 Å². The first-order chi connectivity index (χ1) is 15.8. The number of aromatic nitrogens is 3. The lowest BCUT2D eigenvalue weighted by Gasteiger charge is -2.28. The number of terminal acetylenes is 1. The lowest BCUT2D eigenvalue weighted by molar-refractivity contribution is 0.0429. The summed E-state index contributed by atoms with van der Waals surface area (Å²) in [5.74, 6) is 2.58. The van der Waals surface area contributed by atoms with Gasteiger partial charge in [0.15, 0.2) is 0 Å². The molecule has 1 atom stereocenters. The van der Waals surface area contributed by atoms with Crippen LogP contribution in [0, 0.1) is 12.3 Å². The number of anilines is 1. The van der Waals surface area contributed by atoms with E-state index in [1.54, 1.807) is 66.1 Å². The summed E-state index contributed by atoms with van der Waals surface area (Å²) >= 11 is 0. The van der Waals surface area contributed by atoms with Crippen LogP contribution in [0.2, 0.25) is 0 Å². The number of aromatic amines is 1. The van der Waals surface area contributed by atoms with Gasteiger partial charge in [-0.3, -0.25) is 0 Å². The highest BCUT2D eigenvalue weighted by Gasteiger charge is 2.33. The average Bonchev–Trinajstić information content (AvgIpc) is 3.15. The van der Waals surface area contributed by atoms with Gasteiger partial charge in [0.2, 0.25) is 0 Å². The fourth-order valence-corrected chi connectivity index (χ4v) is 3.17. The molecule has 0 aliphatic heterocycles. The minimum Gasteiger partial charge on any atom is -0.443 e. The Bertz CT molecular complexity index is 1220. The van der Waals surface area contributed by atoms with Crippen LogP contribution in [0.25, 0.3) is 11.0 Å². The Hall–Kier alpha value is -3.90. The number of pyridine rings is 2. The van der Waals surface area contributed by atoms with E-state index in [1.165, 1.54) is 12.3 Å². The number of H-pyrrole nitrogens is 1. The summed E-state index contributed by atoms with van der Waals surface area (Å²) < 4.78 is 10.7. The fourth-order valence-electron chi connectivity index (χ4n) is 3.17. The van der Waals surface area contributed by atoms with Crippen LogP contribution in [0.15, 0.2) is 36.8 Å². The molecule has 9 nitrogen and oxygen atoms in total. The summed E-state index contributed by atoms with van der Waals surface area (Å²) in [6, 6.07) is 4.67. The van der Waals surface area contributed by atoms with Crippen molar-refractivity contribution in [1.82, 2.24) is 15.0 Å². The van der Waals surface area contributed by atoms with Crippen LogP contribution in [0.1, 0.15) is 64.3 Å². The number of nitrogens with one attached hydrogen (secondary N) is 1. The number of fused-ring (bicyclic) bond motifs is 1. The van der Waals surface area contributed by atoms with E-state index in [0.717, 1.165) is 4.90 Å². The fraction of sp³-hybridized carbons (Fsp3) is 0.360. The lowest BCUT2D eigenvalue weighted by Crippen LogP contribution is -2.44. The Labute approximate surface area is 198 Å². The van der Waals surface area contributed by atoms with E-state index in [4.69, 9.17) is 15.9 Å². The second kappa shape index (κ2) is 9.15. The molecule has 0 bridgehead atoms. The lowest BCUT2D eigenvalue weighted by atomic mass is 10.0. The van der Waals surface area contributed by atoms with E-state index < -0.39 is 29.5 Å². The van der Waals surface area contributed by atoms with Crippen molar-refractivity contribution in [2.75, 3.05) is 4.90 Å². The molecule has 0 aliphatic rings. The SMILES string of the molecule is C#Cc1ccnc2[nH]cc(C(O)c3ccc(N(C(=O)OC(C)(C)C)C(=O)OC(C)(C)C)nc3)c12. The smallest absolute Gasteiger partial charge is 0.425 e. The van der Waals surface area contributed by atoms with Crippen molar-refractivity contribution in [3.63, 3.8) is 0 Å². The van der Waals surface area contributed by atoms with Crippen molar-refractivity contribution in [3.05, 3.63) is 53.5 Å². The maximum Gasteiger partial charge on any atom is 0.425 e. The molecule has 3 aromatic heterocycles. The van der Waals surface area contributed by atoms with Gasteiger partial charge in [-0.25, -0.2) is 19.6 Å². The predicted octanol–water partition coefficient (Wildman–Crippen LogP) is 4.70. The van der Waals surface area contributed by atoms with Crippen molar-refractivity contribution in [2.24, 2.45) is 0 Å². The molecule has 1 unspecified atom stereocenters. The number of rotatable bonds is 3. The molecule has 2 N–H and O–H groups in total. The number of amides is 2. The second-order valence-corrected chi connectivity index (χ2v) is 9.62. The van der Waals surface area contributed by atoms with E-state index in [2.05, 4.69) is 20.9 Å². The summed E-state index contributed by atoms with van der Waals surface area (Å²) in [7, 11) is 0.